The number of hydrogen-bond acceptors (Lipinski definition) is 5. The van der Waals surface area contributed by atoms with Crippen LogP contribution in [0.1, 0.15) is 32.6 Å². The highest BCUT2D eigenvalue weighted by atomic mass is 32.1. The average molecular weight is 293 g/mol. The highest BCUT2D eigenvalue weighted by molar-refractivity contribution is 7.13. The van der Waals surface area contributed by atoms with Crippen molar-refractivity contribution in [1.82, 2.24) is 15.5 Å². The molecule has 0 bridgehead atoms. The molecule has 0 saturated heterocycles. The Balaban J connectivity index is 1.82. The first-order chi connectivity index (χ1) is 9.74. The predicted molar refractivity (Wildman–Crippen MR) is 78.4 cm³/mol. The van der Waals surface area contributed by atoms with E-state index >= 15 is 0 Å². The quantitative estimate of drug-likeness (QED) is 0.852. The van der Waals surface area contributed by atoms with Crippen LogP contribution in [0.2, 0.25) is 0 Å². The summed E-state index contributed by atoms with van der Waals surface area (Å²) in [4.78, 5) is 17.1. The molecule has 1 N–H and O–H groups in total. The van der Waals surface area contributed by atoms with E-state index < -0.39 is 0 Å². The van der Waals surface area contributed by atoms with E-state index in [0.717, 1.165) is 17.7 Å². The van der Waals surface area contributed by atoms with Crippen molar-refractivity contribution in [2.24, 2.45) is 5.92 Å². The van der Waals surface area contributed by atoms with Crippen LogP contribution in [0.5, 0.6) is 0 Å². The maximum atomic E-state index is 11.8. The molecule has 2 rings (SSSR count). The Hall–Kier alpha value is -1.69. The molecule has 0 aliphatic carbocycles. The molecule has 0 saturated carbocycles. The van der Waals surface area contributed by atoms with Crippen molar-refractivity contribution in [2.45, 2.75) is 33.1 Å². The second kappa shape index (κ2) is 7.19. The van der Waals surface area contributed by atoms with Gasteiger partial charge in [0.1, 0.15) is 0 Å². The lowest BCUT2D eigenvalue weighted by Crippen LogP contribution is -2.31. The third kappa shape index (κ3) is 3.66. The molecule has 0 atom stereocenters. The fraction of sp³-hybridized carbons (Fsp3) is 0.500. The smallest absolute Gasteiger partial charge is 0.228 e. The normalized spacial score (nSPS) is 10.9. The van der Waals surface area contributed by atoms with Crippen LogP contribution in [0.3, 0.4) is 0 Å². The molecule has 0 fully saturated rings. The van der Waals surface area contributed by atoms with Crippen LogP contribution in [-0.2, 0) is 11.2 Å². The highest BCUT2D eigenvalue weighted by Crippen LogP contribution is 2.21. The Morgan fingerprint density at radius 3 is 2.90 bits per heavy atom. The summed E-state index contributed by atoms with van der Waals surface area (Å²) < 4.78 is 5.18. The van der Waals surface area contributed by atoms with Crippen LogP contribution in [-0.4, -0.2) is 22.6 Å². The molecule has 0 aromatic carbocycles. The van der Waals surface area contributed by atoms with Crippen LogP contribution in [0.4, 0.5) is 0 Å². The second-order valence-electron chi connectivity index (χ2n) is 4.54. The molecular weight excluding hydrogens is 274 g/mol. The summed E-state index contributed by atoms with van der Waals surface area (Å²) in [5.41, 5.74) is 0. The molecule has 0 aliphatic heterocycles. The van der Waals surface area contributed by atoms with E-state index in [0.29, 0.717) is 24.7 Å². The molecule has 0 aliphatic rings. The van der Waals surface area contributed by atoms with Crippen molar-refractivity contribution < 1.29 is 9.32 Å². The van der Waals surface area contributed by atoms with Crippen molar-refractivity contribution >= 4 is 17.2 Å². The van der Waals surface area contributed by atoms with Crippen LogP contribution < -0.4 is 5.32 Å². The van der Waals surface area contributed by atoms with Gasteiger partial charge in [0.05, 0.1) is 4.88 Å². The lowest BCUT2D eigenvalue weighted by molar-refractivity contribution is -0.125. The number of thiophene rings is 1. The number of carbonyl (C=O) groups is 1. The van der Waals surface area contributed by atoms with Gasteiger partial charge in [0.15, 0.2) is 0 Å². The van der Waals surface area contributed by atoms with Crippen molar-refractivity contribution in [3.05, 3.63) is 23.4 Å². The van der Waals surface area contributed by atoms with E-state index in [9.17, 15) is 4.79 Å². The molecule has 20 heavy (non-hydrogen) atoms. The highest BCUT2D eigenvalue weighted by Gasteiger charge is 2.14. The average Bonchev–Trinajstić information content (AvgIpc) is 3.10. The Bertz CT molecular complexity index is 532. The topological polar surface area (TPSA) is 68.0 Å². The Kier molecular flexibility index (Phi) is 5.29. The predicted octanol–water partition coefficient (Wildman–Crippen LogP) is 2.89. The summed E-state index contributed by atoms with van der Waals surface area (Å²) in [6.45, 7) is 4.58. The zero-order valence-corrected chi connectivity index (χ0v) is 12.6. The van der Waals surface area contributed by atoms with Crippen molar-refractivity contribution in [1.29, 1.82) is 0 Å². The van der Waals surface area contributed by atoms with Crippen LogP contribution in [0.15, 0.2) is 22.0 Å². The molecule has 0 unspecified atom stereocenters. The molecule has 0 radical (unpaired) electrons. The third-order valence-corrected chi connectivity index (χ3v) is 4.07. The second-order valence-corrected chi connectivity index (χ2v) is 5.49. The Labute approximate surface area is 122 Å². The standard InChI is InChI=1S/C14H19N3O2S/c1-3-10(4-2)14(18)15-8-7-12-16-13(17-19-12)11-6-5-9-20-11/h5-6,9-10H,3-4,7-8H2,1-2H3,(H,15,18). The van der Waals surface area contributed by atoms with Gasteiger partial charge in [-0.3, -0.25) is 4.79 Å². The summed E-state index contributed by atoms with van der Waals surface area (Å²) >= 11 is 1.57. The summed E-state index contributed by atoms with van der Waals surface area (Å²) in [7, 11) is 0. The van der Waals surface area contributed by atoms with Gasteiger partial charge in [-0.15, -0.1) is 11.3 Å². The first kappa shape index (κ1) is 14.7. The van der Waals surface area contributed by atoms with Gasteiger partial charge in [0.2, 0.25) is 17.6 Å². The zero-order chi connectivity index (χ0) is 14.4. The monoisotopic (exact) mass is 293 g/mol. The van der Waals surface area contributed by atoms with Crippen molar-refractivity contribution in [2.75, 3.05) is 6.54 Å². The summed E-state index contributed by atoms with van der Waals surface area (Å²) in [5.74, 6) is 1.37. The van der Waals surface area contributed by atoms with Gasteiger partial charge < -0.3 is 9.84 Å². The largest absolute Gasteiger partial charge is 0.355 e. The van der Waals surface area contributed by atoms with E-state index in [1.54, 1.807) is 11.3 Å². The Morgan fingerprint density at radius 1 is 1.45 bits per heavy atom. The maximum Gasteiger partial charge on any atom is 0.228 e. The van der Waals surface area contributed by atoms with E-state index in [2.05, 4.69) is 15.5 Å². The molecule has 0 spiro atoms. The zero-order valence-electron chi connectivity index (χ0n) is 11.8. The maximum absolute atomic E-state index is 11.8. The van der Waals surface area contributed by atoms with E-state index in [4.69, 9.17) is 4.52 Å². The number of amides is 1. The molecule has 5 nitrogen and oxygen atoms in total. The van der Waals surface area contributed by atoms with Gasteiger partial charge in [-0.25, -0.2) is 0 Å². The van der Waals surface area contributed by atoms with E-state index in [-0.39, 0.29) is 11.8 Å². The fourth-order valence-corrected chi connectivity index (χ4v) is 2.61. The van der Waals surface area contributed by atoms with Crippen molar-refractivity contribution in [3.63, 3.8) is 0 Å². The molecule has 2 heterocycles. The van der Waals surface area contributed by atoms with Gasteiger partial charge in [0, 0.05) is 18.9 Å². The number of nitrogens with one attached hydrogen (secondary N) is 1. The third-order valence-electron chi connectivity index (χ3n) is 3.20. The number of aromatic nitrogens is 2. The summed E-state index contributed by atoms with van der Waals surface area (Å²) in [5, 5.41) is 8.82. The van der Waals surface area contributed by atoms with Crippen LogP contribution in [0, 0.1) is 5.92 Å². The molecule has 6 heteroatoms. The molecule has 108 valence electrons. The summed E-state index contributed by atoms with van der Waals surface area (Å²) in [6.07, 6.45) is 2.29. The van der Waals surface area contributed by atoms with Gasteiger partial charge in [-0.2, -0.15) is 4.98 Å². The van der Waals surface area contributed by atoms with Crippen LogP contribution in [0.25, 0.3) is 10.7 Å². The first-order valence-corrected chi connectivity index (χ1v) is 7.76. The van der Waals surface area contributed by atoms with Gasteiger partial charge >= 0.3 is 0 Å². The first-order valence-electron chi connectivity index (χ1n) is 6.88. The minimum atomic E-state index is 0.0966. The van der Waals surface area contributed by atoms with Crippen LogP contribution >= 0.6 is 11.3 Å². The minimum Gasteiger partial charge on any atom is -0.355 e. The van der Waals surface area contributed by atoms with E-state index in [1.165, 1.54) is 0 Å². The molecule has 2 aromatic rings. The molecule has 2 aromatic heterocycles. The van der Waals surface area contributed by atoms with Crippen molar-refractivity contribution in [3.8, 4) is 10.7 Å². The van der Waals surface area contributed by atoms with E-state index in [1.807, 2.05) is 31.4 Å². The van der Waals surface area contributed by atoms with Gasteiger partial charge in [-0.1, -0.05) is 25.1 Å². The minimum absolute atomic E-state index is 0.0966. The fourth-order valence-electron chi connectivity index (χ4n) is 1.96. The summed E-state index contributed by atoms with van der Waals surface area (Å²) in [6, 6.07) is 3.90. The van der Waals surface area contributed by atoms with Gasteiger partial charge in [-0.05, 0) is 24.3 Å². The molecule has 1 amide bonds. The lowest BCUT2D eigenvalue weighted by atomic mass is 10.0. The SMILES string of the molecule is CCC(CC)C(=O)NCCc1nc(-c2cccs2)no1. The lowest BCUT2D eigenvalue weighted by Gasteiger charge is -2.11. The van der Waals surface area contributed by atoms with Gasteiger partial charge in [0.25, 0.3) is 0 Å². The number of hydrogen-bond donors (Lipinski definition) is 1. The number of rotatable bonds is 7. The molecular formula is C14H19N3O2S. The Morgan fingerprint density at radius 2 is 2.25 bits per heavy atom. The number of nitrogens with zero attached hydrogens (tertiary/aromatic N) is 2. The number of carbonyl (C=O) groups excluding carboxylic acids is 1.